The Morgan fingerprint density at radius 2 is 2.06 bits per heavy atom. The maximum Gasteiger partial charge on any atom is 0.213 e. The van der Waals surface area contributed by atoms with Gasteiger partial charge in [0.25, 0.3) is 0 Å². The molecule has 0 aromatic carbocycles. The molecule has 4 nitrogen and oxygen atoms in total. The maximum atomic E-state index is 11.8. The second-order valence-electron chi connectivity index (χ2n) is 3.77. The van der Waals surface area contributed by atoms with Crippen LogP contribution in [-0.4, -0.2) is 25.3 Å². The number of hydrogen-bond acceptors (Lipinski definition) is 4. The third kappa shape index (κ3) is 2.95. The van der Waals surface area contributed by atoms with E-state index in [9.17, 15) is 8.42 Å². The minimum absolute atomic E-state index is 0.242. The lowest BCUT2D eigenvalue weighted by Crippen LogP contribution is -2.14. The van der Waals surface area contributed by atoms with Crippen molar-refractivity contribution in [2.75, 3.05) is 6.61 Å². The van der Waals surface area contributed by atoms with Gasteiger partial charge in [0.1, 0.15) is 0 Å². The van der Waals surface area contributed by atoms with E-state index in [0.29, 0.717) is 12.5 Å². The van der Waals surface area contributed by atoms with Crippen LogP contribution in [0.25, 0.3) is 0 Å². The van der Waals surface area contributed by atoms with E-state index in [-0.39, 0.29) is 4.90 Å². The second kappa shape index (κ2) is 5.30. The van der Waals surface area contributed by atoms with Crippen molar-refractivity contribution in [3.63, 3.8) is 0 Å². The van der Waals surface area contributed by atoms with Gasteiger partial charge in [-0.15, -0.1) is 0 Å². The SMILES string of the molecule is CCCOc1ccc(S(=O)(=O)C(C)C)cn1. The van der Waals surface area contributed by atoms with Gasteiger partial charge in [-0.2, -0.15) is 0 Å². The van der Waals surface area contributed by atoms with Crippen LogP contribution in [0, 0.1) is 0 Å². The summed E-state index contributed by atoms with van der Waals surface area (Å²) in [6.45, 7) is 5.88. The van der Waals surface area contributed by atoms with Crippen molar-refractivity contribution in [2.45, 2.75) is 37.3 Å². The number of hydrogen-bond donors (Lipinski definition) is 0. The number of rotatable bonds is 5. The van der Waals surface area contributed by atoms with Gasteiger partial charge in [-0.3, -0.25) is 0 Å². The van der Waals surface area contributed by atoms with E-state index in [1.54, 1.807) is 19.9 Å². The summed E-state index contributed by atoms with van der Waals surface area (Å²) in [5.74, 6) is 0.463. The number of aromatic nitrogens is 1. The number of sulfone groups is 1. The van der Waals surface area contributed by atoms with Gasteiger partial charge >= 0.3 is 0 Å². The van der Waals surface area contributed by atoms with Crippen LogP contribution in [-0.2, 0) is 9.84 Å². The van der Waals surface area contributed by atoms with E-state index < -0.39 is 15.1 Å². The first-order valence-corrected chi connectivity index (χ1v) is 6.86. The highest BCUT2D eigenvalue weighted by Gasteiger charge is 2.19. The van der Waals surface area contributed by atoms with Crippen LogP contribution in [0.1, 0.15) is 27.2 Å². The molecule has 0 N–H and O–H groups in total. The molecule has 16 heavy (non-hydrogen) atoms. The molecule has 0 aliphatic carbocycles. The molecule has 0 spiro atoms. The normalized spacial score (nSPS) is 11.8. The Morgan fingerprint density at radius 3 is 2.50 bits per heavy atom. The Kier molecular flexibility index (Phi) is 4.29. The Bertz CT molecular complexity index is 423. The first kappa shape index (κ1) is 13.0. The van der Waals surface area contributed by atoms with Crippen molar-refractivity contribution in [2.24, 2.45) is 0 Å². The molecule has 0 saturated heterocycles. The second-order valence-corrected chi connectivity index (χ2v) is 6.28. The van der Waals surface area contributed by atoms with Crippen LogP contribution in [0.5, 0.6) is 5.88 Å². The zero-order chi connectivity index (χ0) is 12.2. The quantitative estimate of drug-likeness (QED) is 0.794. The molecule has 1 rings (SSSR count). The predicted molar refractivity (Wildman–Crippen MR) is 62.3 cm³/mol. The van der Waals surface area contributed by atoms with Crippen molar-refractivity contribution in [1.29, 1.82) is 0 Å². The molecule has 0 amide bonds. The number of pyridine rings is 1. The molecule has 0 atom stereocenters. The van der Waals surface area contributed by atoms with E-state index in [4.69, 9.17) is 4.74 Å². The predicted octanol–water partition coefficient (Wildman–Crippen LogP) is 2.05. The van der Waals surface area contributed by atoms with E-state index in [0.717, 1.165) is 6.42 Å². The van der Waals surface area contributed by atoms with E-state index >= 15 is 0 Å². The van der Waals surface area contributed by atoms with Crippen LogP contribution < -0.4 is 4.74 Å². The van der Waals surface area contributed by atoms with Crippen LogP contribution in [0.3, 0.4) is 0 Å². The molecule has 1 aromatic rings. The molecule has 0 aliphatic heterocycles. The average Bonchev–Trinajstić information content (AvgIpc) is 2.26. The molecule has 0 unspecified atom stereocenters. The molecule has 1 aromatic heterocycles. The molecular weight excluding hydrogens is 226 g/mol. The van der Waals surface area contributed by atoms with Crippen molar-refractivity contribution in [1.82, 2.24) is 4.98 Å². The van der Waals surface area contributed by atoms with Crippen LogP contribution in [0.15, 0.2) is 23.2 Å². The van der Waals surface area contributed by atoms with Crippen LogP contribution in [0.4, 0.5) is 0 Å². The molecule has 0 radical (unpaired) electrons. The summed E-state index contributed by atoms with van der Waals surface area (Å²) in [7, 11) is -3.23. The minimum Gasteiger partial charge on any atom is -0.478 e. The zero-order valence-corrected chi connectivity index (χ0v) is 10.6. The smallest absolute Gasteiger partial charge is 0.213 e. The molecule has 0 aliphatic rings. The topological polar surface area (TPSA) is 56.3 Å². The van der Waals surface area contributed by atoms with Crippen LogP contribution >= 0.6 is 0 Å². The summed E-state index contributed by atoms with van der Waals surface area (Å²) in [5, 5.41) is -0.434. The minimum atomic E-state index is -3.23. The van der Waals surface area contributed by atoms with Gasteiger partial charge in [0.15, 0.2) is 9.84 Å². The highest BCUT2D eigenvalue weighted by molar-refractivity contribution is 7.92. The van der Waals surface area contributed by atoms with Crippen molar-refractivity contribution >= 4 is 9.84 Å². The summed E-state index contributed by atoms with van der Waals surface area (Å²) in [4.78, 5) is 4.21. The summed E-state index contributed by atoms with van der Waals surface area (Å²) in [6, 6.07) is 3.12. The van der Waals surface area contributed by atoms with Gasteiger partial charge in [-0.1, -0.05) is 6.92 Å². The summed E-state index contributed by atoms with van der Waals surface area (Å²) in [6.07, 6.45) is 2.24. The van der Waals surface area contributed by atoms with Gasteiger partial charge in [-0.25, -0.2) is 13.4 Å². The standard InChI is InChI=1S/C11H17NO3S/c1-4-7-15-11-6-5-10(8-12-11)16(13,14)9(2)3/h5-6,8-9H,4,7H2,1-3H3. The fraction of sp³-hybridized carbons (Fsp3) is 0.545. The molecule has 0 saturated carbocycles. The fourth-order valence-electron chi connectivity index (χ4n) is 1.10. The van der Waals surface area contributed by atoms with Gasteiger partial charge in [0.2, 0.25) is 5.88 Å². The Labute approximate surface area is 96.6 Å². The molecule has 0 fully saturated rings. The van der Waals surface area contributed by atoms with Gasteiger partial charge in [0.05, 0.1) is 16.8 Å². The average molecular weight is 243 g/mol. The summed E-state index contributed by atoms with van der Waals surface area (Å²) >= 11 is 0. The lowest BCUT2D eigenvalue weighted by Gasteiger charge is -2.08. The summed E-state index contributed by atoms with van der Waals surface area (Å²) in [5.41, 5.74) is 0. The van der Waals surface area contributed by atoms with Crippen molar-refractivity contribution in [3.05, 3.63) is 18.3 Å². The molecule has 0 bridgehead atoms. The lowest BCUT2D eigenvalue weighted by atomic mass is 10.5. The van der Waals surface area contributed by atoms with Crippen molar-refractivity contribution < 1.29 is 13.2 Å². The number of nitrogens with zero attached hydrogens (tertiary/aromatic N) is 1. The molecule has 5 heteroatoms. The molecule has 90 valence electrons. The fourth-order valence-corrected chi connectivity index (χ4v) is 2.10. The largest absolute Gasteiger partial charge is 0.478 e. The van der Waals surface area contributed by atoms with Gasteiger partial charge < -0.3 is 4.74 Å². The third-order valence-electron chi connectivity index (χ3n) is 2.11. The Balaban J connectivity index is 2.87. The monoisotopic (exact) mass is 243 g/mol. The Morgan fingerprint density at radius 1 is 1.38 bits per heavy atom. The summed E-state index contributed by atoms with van der Waals surface area (Å²) < 4.78 is 28.8. The molecule has 1 heterocycles. The maximum absolute atomic E-state index is 11.8. The van der Waals surface area contributed by atoms with Gasteiger partial charge in [0, 0.05) is 12.3 Å². The van der Waals surface area contributed by atoms with Crippen LogP contribution in [0.2, 0.25) is 0 Å². The van der Waals surface area contributed by atoms with Gasteiger partial charge in [-0.05, 0) is 26.3 Å². The zero-order valence-electron chi connectivity index (χ0n) is 9.80. The lowest BCUT2D eigenvalue weighted by molar-refractivity contribution is 0.305. The van der Waals surface area contributed by atoms with E-state index in [1.807, 2.05) is 6.92 Å². The van der Waals surface area contributed by atoms with E-state index in [1.165, 1.54) is 12.3 Å². The van der Waals surface area contributed by atoms with E-state index in [2.05, 4.69) is 4.98 Å². The third-order valence-corrected chi connectivity index (χ3v) is 4.25. The Hall–Kier alpha value is -1.10. The first-order valence-electron chi connectivity index (χ1n) is 5.31. The van der Waals surface area contributed by atoms with Crippen molar-refractivity contribution in [3.8, 4) is 5.88 Å². The number of ether oxygens (including phenoxy) is 1. The highest BCUT2D eigenvalue weighted by atomic mass is 32.2. The first-order chi connectivity index (χ1) is 7.48. The highest BCUT2D eigenvalue weighted by Crippen LogP contribution is 2.17. The molecular formula is C11H17NO3S.